The summed E-state index contributed by atoms with van der Waals surface area (Å²) in [5.74, 6) is -1.27. The number of halogens is 2. The van der Waals surface area contributed by atoms with Gasteiger partial charge in [0.1, 0.15) is 5.82 Å². The number of Topliss-reactive ketones (excluding diaryl/α,β-unsaturated/α-hetero) is 1. The Bertz CT molecular complexity index is 1380. The second-order valence-corrected chi connectivity index (χ2v) is 9.59. The van der Waals surface area contributed by atoms with Crippen LogP contribution in [0.5, 0.6) is 0 Å². The van der Waals surface area contributed by atoms with E-state index in [9.17, 15) is 13.6 Å². The highest BCUT2D eigenvalue weighted by Gasteiger charge is 2.14. The maximum absolute atomic E-state index is 14.2. The van der Waals surface area contributed by atoms with Crippen LogP contribution in [0.4, 0.5) is 8.78 Å². The van der Waals surface area contributed by atoms with Gasteiger partial charge in [-0.1, -0.05) is 61.0 Å². The Labute approximate surface area is 216 Å². The van der Waals surface area contributed by atoms with E-state index < -0.39 is 11.6 Å². The van der Waals surface area contributed by atoms with Gasteiger partial charge in [-0.2, -0.15) is 0 Å². The number of piperidine rings is 1. The highest BCUT2D eigenvalue weighted by atomic mass is 19.2. The molecule has 0 amide bonds. The van der Waals surface area contributed by atoms with Crippen molar-refractivity contribution in [2.24, 2.45) is 0 Å². The topological polar surface area (TPSA) is 46.1 Å². The zero-order valence-electron chi connectivity index (χ0n) is 20.7. The number of carbonyl (C=O) groups is 1. The highest BCUT2D eigenvalue weighted by Crippen LogP contribution is 2.23. The number of aromatic nitrogens is 2. The molecule has 0 spiro atoms. The van der Waals surface area contributed by atoms with Gasteiger partial charge in [-0.05, 0) is 60.8 Å². The van der Waals surface area contributed by atoms with E-state index in [1.807, 2.05) is 36.4 Å². The van der Waals surface area contributed by atoms with Crippen molar-refractivity contribution in [3.63, 3.8) is 0 Å². The molecule has 1 aromatic heterocycles. The lowest BCUT2D eigenvalue weighted by molar-refractivity contribution is 0.0993. The van der Waals surface area contributed by atoms with Crippen molar-refractivity contribution in [3.8, 4) is 11.3 Å². The minimum atomic E-state index is -0.924. The van der Waals surface area contributed by atoms with E-state index >= 15 is 0 Å². The number of rotatable bonds is 8. The first-order valence-electron chi connectivity index (χ1n) is 12.7. The molecule has 4 aromatic rings. The largest absolute Gasteiger partial charge is 0.299 e. The molecule has 1 aliphatic heterocycles. The number of likely N-dealkylation sites (tertiary alicyclic amines) is 1. The Morgan fingerprint density at radius 2 is 1.59 bits per heavy atom. The van der Waals surface area contributed by atoms with Crippen molar-refractivity contribution >= 4 is 5.78 Å². The monoisotopic (exact) mass is 497 g/mol. The third-order valence-corrected chi connectivity index (χ3v) is 6.78. The highest BCUT2D eigenvalue weighted by molar-refractivity contribution is 5.97. The molecule has 1 saturated heterocycles. The van der Waals surface area contributed by atoms with Crippen LogP contribution in [0.2, 0.25) is 0 Å². The van der Waals surface area contributed by atoms with Crippen molar-refractivity contribution in [1.29, 1.82) is 0 Å². The summed E-state index contributed by atoms with van der Waals surface area (Å²) in [6.07, 6.45) is 6.11. The van der Waals surface area contributed by atoms with Crippen LogP contribution >= 0.6 is 0 Å². The lowest BCUT2D eigenvalue weighted by atomic mass is 9.99. The van der Waals surface area contributed by atoms with Crippen LogP contribution in [0.25, 0.3) is 11.3 Å². The normalized spacial score (nSPS) is 14.0. The summed E-state index contributed by atoms with van der Waals surface area (Å²) in [4.78, 5) is 24.2. The molecule has 37 heavy (non-hydrogen) atoms. The van der Waals surface area contributed by atoms with E-state index in [-0.39, 0.29) is 11.3 Å². The number of hydrogen-bond donors (Lipinski definition) is 0. The predicted molar refractivity (Wildman–Crippen MR) is 140 cm³/mol. The zero-order chi connectivity index (χ0) is 25.6. The van der Waals surface area contributed by atoms with Crippen molar-refractivity contribution in [2.45, 2.75) is 38.6 Å². The lowest BCUT2D eigenvalue weighted by Crippen LogP contribution is -2.29. The zero-order valence-corrected chi connectivity index (χ0v) is 20.7. The first kappa shape index (κ1) is 24.9. The third kappa shape index (κ3) is 6.33. The molecule has 1 fully saturated rings. The molecule has 2 heterocycles. The fourth-order valence-corrected chi connectivity index (χ4v) is 4.83. The minimum absolute atomic E-state index is 0.0708. The molecule has 0 bridgehead atoms. The van der Waals surface area contributed by atoms with E-state index in [1.54, 1.807) is 12.3 Å². The molecule has 4 nitrogen and oxygen atoms in total. The first-order chi connectivity index (χ1) is 18.0. The third-order valence-electron chi connectivity index (χ3n) is 6.78. The minimum Gasteiger partial charge on any atom is -0.299 e. The van der Waals surface area contributed by atoms with Gasteiger partial charge in [0.15, 0.2) is 17.4 Å². The van der Waals surface area contributed by atoms with Crippen LogP contribution in [-0.4, -0.2) is 33.7 Å². The number of ketones is 1. The molecule has 0 radical (unpaired) electrons. The molecule has 6 heteroatoms. The molecule has 0 aliphatic carbocycles. The number of nitrogens with zero attached hydrogens (tertiary/aromatic N) is 3. The number of carbonyl (C=O) groups excluding carboxylic acids is 1. The fraction of sp³-hybridized carbons (Fsp3) is 0.258. The molecule has 0 atom stereocenters. The van der Waals surface area contributed by atoms with Gasteiger partial charge in [0.2, 0.25) is 0 Å². The molecule has 1 aliphatic rings. The van der Waals surface area contributed by atoms with E-state index in [2.05, 4.69) is 27.0 Å². The molecule has 5 rings (SSSR count). The number of hydrogen-bond acceptors (Lipinski definition) is 4. The van der Waals surface area contributed by atoms with Gasteiger partial charge in [0.25, 0.3) is 0 Å². The summed E-state index contributed by atoms with van der Waals surface area (Å²) in [7, 11) is 0. The molecular weight excluding hydrogens is 468 g/mol. The molecule has 3 aromatic carbocycles. The standard InChI is InChI=1S/C31H29F2N3O/c32-27-9-5-8-26(31(27)33)28-14-15-34-30(35-28)20-24-7-4-6-23(18-24)19-29(37)25-12-10-22(11-13-25)21-36-16-2-1-3-17-36/h4-15,18H,1-3,16-17,19-21H2. The Balaban J connectivity index is 1.24. The van der Waals surface area contributed by atoms with Gasteiger partial charge in [-0.15, -0.1) is 0 Å². The predicted octanol–water partition coefficient (Wildman–Crippen LogP) is 6.42. The average molecular weight is 498 g/mol. The Kier molecular flexibility index (Phi) is 7.76. The van der Waals surface area contributed by atoms with E-state index in [4.69, 9.17) is 0 Å². The molecule has 0 unspecified atom stereocenters. The van der Waals surface area contributed by atoms with Crippen LogP contribution in [-0.2, 0) is 19.4 Å². The lowest BCUT2D eigenvalue weighted by Gasteiger charge is -2.26. The van der Waals surface area contributed by atoms with Crippen molar-refractivity contribution in [2.75, 3.05) is 13.1 Å². The quantitative estimate of drug-likeness (QED) is 0.264. The second kappa shape index (κ2) is 11.5. The molecule has 0 N–H and O–H groups in total. The van der Waals surface area contributed by atoms with Crippen LogP contribution in [0, 0.1) is 11.6 Å². The Morgan fingerprint density at radius 1 is 0.838 bits per heavy atom. The van der Waals surface area contributed by atoms with E-state index in [1.165, 1.54) is 37.0 Å². The summed E-state index contributed by atoms with van der Waals surface area (Å²) in [6.45, 7) is 3.23. The summed E-state index contributed by atoms with van der Waals surface area (Å²) >= 11 is 0. The average Bonchev–Trinajstić information content (AvgIpc) is 2.91. The van der Waals surface area contributed by atoms with Crippen molar-refractivity contribution in [3.05, 3.63) is 119 Å². The summed E-state index contributed by atoms with van der Waals surface area (Å²) in [6, 6.07) is 21.3. The molecule has 188 valence electrons. The maximum Gasteiger partial charge on any atom is 0.168 e. The van der Waals surface area contributed by atoms with E-state index in [0.29, 0.717) is 29.9 Å². The van der Waals surface area contributed by atoms with Gasteiger partial charge in [-0.3, -0.25) is 9.69 Å². The SMILES string of the molecule is O=C(Cc1cccc(Cc2nccc(-c3cccc(F)c3F)n2)c1)c1ccc(CN2CCCCC2)cc1. The van der Waals surface area contributed by atoms with Gasteiger partial charge >= 0.3 is 0 Å². The second-order valence-electron chi connectivity index (χ2n) is 9.59. The van der Waals surface area contributed by atoms with Gasteiger partial charge < -0.3 is 0 Å². The van der Waals surface area contributed by atoms with Crippen LogP contribution in [0.1, 0.15) is 52.1 Å². The fourth-order valence-electron chi connectivity index (χ4n) is 4.83. The van der Waals surface area contributed by atoms with Gasteiger partial charge in [0.05, 0.1) is 5.69 Å². The smallest absolute Gasteiger partial charge is 0.168 e. The molecular formula is C31H29F2N3O. The van der Waals surface area contributed by atoms with E-state index in [0.717, 1.165) is 36.8 Å². The Morgan fingerprint density at radius 3 is 2.41 bits per heavy atom. The van der Waals surface area contributed by atoms with Crippen LogP contribution in [0.15, 0.2) is 79.0 Å². The van der Waals surface area contributed by atoms with Crippen LogP contribution in [0.3, 0.4) is 0 Å². The van der Waals surface area contributed by atoms with Crippen molar-refractivity contribution < 1.29 is 13.6 Å². The number of benzene rings is 3. The van der Waals surface area contributed by atoms with Gasteiger partial charge in [-0.25, -0.2) is 18.7 Å². The summed E-state index contributed by atoms with van der Waals surface area (Å²) in [5, 5.41) is 0. The Hall–Kier alpha value is -3.77. The summed E-state index contributed by atoms with van der Waals surface area (Å²) in [5.41, 5.74) is 4.23. The van der Waals surface area contributed by atoms with Crippen molar-refractivity contribution in [1.82, 2.24) is 14.9 Å². The van der Waals surface area contributed by atoms with Crippen LogP contribution < -0.4 is 0 Å². The molecule has 0 saturated carbocycles. The first-order valence-corrected chi connectivity index (χ1v) is 12.7. The summed E-state index contributed by atoms with van der Waals surface area (Å²) < 4.78 is 27.9. The maximum atomic E-state index is 14.2. The van der Waals surface area contributed by atoms with Gasteiger partial charge in [0, 0.05) is 36.7 Å².